The molecule has 176 valence electrons. The van der Waals surface area contributed by atoms with Crippen LogP contribution in [-0.4, -0.2) is 48.6 Å². The van der Waals surface area contributed by atoms with Gasteiger partial charge in [0.05, 0.1) is 16.4 Å². The number of benzene rings is 1. The lowest BCUT2D eigenvalue weighted by molar-refractivity contribution is -0.125. The number of carbonyl (C=O) groups excluding carboxylic acids is 1. The molecule has 10 heteroatoms. The molecular weight excluding hydrogens is 466 g/mol. The van der Waals surface area contributed by atoms with E-state index in [1.54, 1.807) is 27.9 Å². The van der Waals surface area contributed by atoms with Crippen LogP contribution in [0.15, 0.2) is 67.7 Å². The maximum Gasteiger partial charge on any atom is 0.246 e. The average molecular weight is 488 g/mol. The van der Waals surface area contributed by atoms with Crippen molar-refractivity contribution in [1.82, 2.24) is 29.6 Å². The lowest BCUT2D eigenvalue weighted by Crippen LogP contribution is -2.34. The number of fused-ring (bicyclic) bond motifs is 1. The average Bonchev–Trinajstić information content (AvgIpc) is 3.29. The fourth-order valence-electron chi connectivity index (χ4n) is 3.98. The van der Waals surface area contributed by atoms with Crippen LogP contribution in [0, 0.1) is 0 Å². The molecule has 0 atom stereocenters. The van der Waals surface area contributed by atoms with Crippen molar-refractivity contribution in [2.24, 2.45) is 0 Å². The lowest BCUT2D eigenvalue weighted by Gasteiger charge is -2.25. The number of pyridine rings is 1. The van der Waals surface area contributed by atoms with E-state index >= 15 is 0 Å². The standard InChI is InChI=1S/C25H22ClN7O2/c1-2-21(34)32-11-5-6-16(13-32)22-23-24(25(27)30-15-29-23)33(31-22)18-8-9-20(19(26)12-18)35-14-17-7-3-4-10-28-17/h2-4,6-10,12,15H,1,5,11,13-14H2,(H2,27,29,30). The van der Waals surface area contributed by atoms with Gasteiger partial charge in [0.1, 0.15) is 35.4 Å². The second-order valence-electron chi connectivity index (χ2n) is 7.92. The Hall–Kier alpha value is -4.24. The summed E-state index contributed by atoms with van der Waals surface area (Å²) in [6.45, 7) is 4.92. The minimum absolute atomic E-state index is 0.124. The molecular formula is C25H22ClN7O2. The molecule has 5 rings (SSSR count). The number of carbonyl (C=O) groups is 1. The number of rotatable bonds is 6. The smallest absolute Gasteiger partial charge is 0.246 e. The molecule has 0 spiro atoms. The summed E-state index contributed by atoms with van der Waals surface area (Å²) < 4.78 is 7.51. The highest BCUT2D eigenvalue weighted by Crippen LogP contribution is 2.33. The van der Waals surface area contributed by atoms with E-state index in [1.807, 2.05) is 24.3 Å². The summed E-state index contributed by atoms with van der Waals surface area (Å²) in [7, 11) is 0. The van der Waals surface area contributed by atoms with Crippen LogP contribution in [-0.2, 0) is 11.4 Å². The Morgan fingerprint density at radius 3 is 2.89 bits per heavy atom. The van der Waals surface area contributed by atoms with Crippen LogP contribution in [0.25, 0.3) is 22.3 Å². The van der Waals surface area contributed by atoms with Gasteiger partial charge in [-0.3, -0.25) is 9.78 Å². The third kappa shape index (κ3) is 4.45. The van der Waals surface area contributed by atoms with Crippen molar-refractivity contribution in [2.75, 3.05) is 18.8 Å². The Labute approximate surface area is 206 Å². The molecule has 0 bridgehead atoms. The predicted octanol–water partition coefficient (Wildman–Crippen LogP) is 3.83. The van der Waals surface area contributed by atoms with Gasteiger partial charge in [0.25, 0.3) is 0 Å². The normalized spacial score (nSPS) is 13.5. The van der Waals surface area contributed by atoms with Crippen molar-refractivity contribution in [3.05, 3.63) is 84.1 Å². The largest absolute Gasteiger partial charge is 0.486 e. The van der Waals surface area contributed by atoms with Crippen molar-refractivity contribution >= 4 is 39.9 Å². The number of nitrogen functional groups attached to an aromatic ring is 1. The number of hydrogen-bond donors (Lipinski definition) is 1. The number of ether oxygens (including phenoxy) is 1. The summed E-state index contributed by atoms with van der Waals surface area (Å²) in [6, 6.07) is 11.0. The highest BCUT2D eigenvalue weighted by atomic mass is 35.5. The van der Waals surface area contributed by atoms with Crippen LogP contribution in [0.3, 0.4) is 0 Å². The first-order valence-electron chi connectivity index (χ1n) is 11.0. The lowest BCUT2D eigenvalue weighted by atomic mass is 10.1. The molecule has 2 N–H and O–H groups in total. The number of anilines is 1. The van der Waals surface area contributed by atoms with Gasteiger partial charge in [-0.15, -0.1) is 0 Å². The number of aromatic nitrogens is 5. The predicted molar refractivity (Wildman–Crippen MR) is 134 cm³/mol. The van der Waals surface area contributed by atoms with Gasteiger partial charge in [0.2, 0.25) is 5.91 Å². The molecule has 0 fully saturated rings. The molecule has 0 saturated carbocycles. The van der Waals surface area contributed by atoms with E-state index in [9.17, 15) is 4.79 Å². The number of halogens is 1. The molecule has 0 saturated heterocycles. The summed E-state index contributed by atoms with van der Waals surface area (Å²) in [5.41, 5.74) is 10.4. The summed E-state index contributed by atoms with van der Waals surface area (Å²) in [5, 5.41) is 5.24. The molecule has 1 aliphatic rings. The van der Waals surface area contributed by atoms with Crippen LogP contribution in [0.2, 0.25) is 5.02 Å². The van der Waals surface area contributed by atoms with Gasteiger partial charge in [0.15, 0.2) is 5.82 Å². The van der Waals surface area contributed by atoms with Crippen LogP contribution in [0.4, 0.5) is 5.82 Å². The minimum Gasteiger partial charge on any atom is -0.486 e. The first kappa shape index (κ1) is 22.5. The SMILES string of the molecule is C=CC(=O)N1CCC=C(c2nn(-c3ccc(OCc4ccccn4)c(Cl)c3)c3c(N)ncnc23)C1. The summed E-state index contributed by atoms with van der Waals surface area (Å²) in [4.78, 5) is 26.8. The van der Waals surface area contributed by atoms with Crippen LogP contribution < -0.4 is 10.5 Å². The van der Waals surface area contributed by atoms with E-state index in [4.69, 9.17) is 27.2 Å². The van der Waals surface area contributed by atoms with Crippen molar-refractivity contribution < 1.29 is 9.53 Å². The molecule has 1 amide bonds. The minimum atomic E-state index is -0.124. The van der Waals surface area contributed by atoms with Crippen molar-refractivity contribution in [2.45, 2.75) is 13.0 Å². The van der Waals surface area contributed by atoms with E-state index in [0.29, 0.717) is 59.3 Å². The monoisotopic (exact) mass is 487 g/mol. The second kappa shape index (κ2) is 9.55. The summed E-state index contributed by atoms with van der Waals surface area (Å²) in [6.07, 6.45) is 7.21. The molecule has 3 aromatic heterocycles. The number of nitrogens with zero attached hydrogens (tertiary/aromatic N) is 6. The zero-order valence-corrected chi connectivity index (χ0v) is 19.5. The van der Waals surface area contributed by atoms with Gasteiger partial charge < -0.3 is 15.4 Å². The fraction of sp³-hybridized carbons (Fsp3) is 0.160. The molecule has 0 unspecified atom stereocenters. The first-order valence-corrected chi connectivity index (χ1v) is 11.4. The van der Waals surface area contributed by atoms with Crippen LogP contribution in [0.1, 0.15) is 17.8 Å². The molecule has 0 aliphatic carbocycles. The zero-order valence-electron chi connectivity index (χ0n) is 18.8. The Morgan fingerprint density at radius 2 is 2.11 bits per heavy atom. The third-order valence-corrected chi connectivity index (χ3v) is 5.99. The Bertz CT molecular complexity index is 1450. The Balaban J connectivity index is 1.50. The van der Waals surface area contributed by atoms with Gasteiger partial charge in [-0.05, 0) is 48.4 Å². The summed E-state index contributed by atoms with van der Waals surface area (Å²) >= 11 is 6.55. The van der Waals surface area contributed by atoms with E-state index in [2.05, 4.69) is 27.6 Å². The first-order chi connectivity index (χ1) is 17.0. The van der Waals surface area contributed by atoms with Gasteiger partial charge in [-0.25, -0.2) is 14.6 Å². The highest BCUT2D eigenvalue weighted by Gasteiger charge is 2.24. The molecule has 1 aromatic carbocycles. The van der Waals surface area contributed by atoms with Gasteiger partial charge in [-0.1, -0.05) is 30.3 Å². The maximum absolute atomic E-state index is 12.2. The van der Waals surface area contributed by atoms with Crippen molar-refractivity contribution in [3.8, 4) is 11.4 Å². The molecule has 35 heavy (non-hydrogen) atoms. The molecule has 4 heterocycles. The van der Waals surface area contributed by atoms with E-state index in [0.717, 1.165) is 11.3 Å². The Morgan fingerprint density at radius 1 is 1.23 bits per heavy atom. The number of hydrogen-bond acceptors (Lipinski definition) is 7. The summed E-state index contributed by atoms with van der Waals surface area (Å²) in [5.74, 6) is 0.688. The molecule has 9 nitrogen and oxygen atoms in total. The van der Waals surface area contributed by atoms with E-state index < -0.39 is 0 Å². The van der Waals surface area contributed by atoms with Gasteiger partial charge >= 0.3 is 0 Å². The van der Waals surface area contributed by atoms with Gasteiger partial charge in [-0.2, -0.15) is 5.10 Å². The van der Waals surface area contributed by atoms with Crippen LogP contribution in [0.5, 0.6) is 5.75 Å². The van der Waals surface area contributed by atoms with Crippen molar-refractivity contribution in [1.29, 1.82) is 0 Å². The quantitative estimate of drug-likeness (QED) is 0.411. The van der Waals surface area contributed by atoms with E-state index in [-0.39, 0.29) is 11.7 Å². The van der Waals surface area contributed by atoms with Crippen molar-refractivity contribution in [3.63, 3.8) is 0 Å². The maximum atomic E-state index is 12.2. The zero-order chi connectivity index (χ0) is 24.4. The van der Waals surface area contributed by atoms with E-state index in [1.165, 1.54) is 12.4 Å². The third-order valence-electron chi connectivity index (χ3n) is 5.69. The highest BCUT2D eigenvalue weighted by molar-refractivity contribution is 6.32. The van der Waals surface area contributed by atoms with Crippen LogP contribution >= 0.6 is 11.6 Å². The van der Waals surface area contributed by atoms with Gasteiger partial charge in [0, 0.05) is 19.3 Å². The number of nitrogens with two attached hydrogens (primary N) is 1. The molecule has 0 radical (unpaired) electrons. The Kier molecular flexibility index (Phi) is 6.15. The second-order valence-corrected chi connectivity index (χ2v) is 8.33. The topological polar surface area (TPSA) is 112 Å². The molecule has 1 aliphatic heterocycles. The molecule has 4 aromatic rings. The fourth-order valence-corrected chi connectivity index (χ4v) is 4.21. The number of amides is 1.